The lowest BCUT2D eigenvalue weighted by Gasteiger charge is -2.27. The van der Waals surface area contributed by atoms with Crippen molar-refractivity contribution in [1.29, 1.82) is 0 Å². The van der Waals surface area contributed by atoms with Crippen molar-refractivity contribution >= 4 is 35.8 Å². The molecule has 244 valence electrons. The molecule has 0 saturated heterocycles. The first kappa shape index (κ1) is 35.2. The zero-order valence-corrected chi connectivity index (χ0v) is 26.4. The van der Waals surface area contributed by atoms with Gasteiger partial charge in [-0.25, -0.2) is 0 Å². The Kier molecular flexibility index (Phi) is 12.3. The molecule has 0 aromatic heterocycles. The third-order valence-corrected chi connectivity index (χ3v) is 6.06. The molecule has 0 bridgehead atoms. The molecule has 0 saturated carbocycles. The highest BCUT2D eigenvalue weighted by Gasteiger charge is 2.25. The Bertz CT molecular complexity index is 1510. The van der Waals surface area contributed by atoms with E-state index in [0.717, 1.165) is 5.57 Å². The predicted octanol–water partition coefficient (Wildman–Crippen LogP) is 4.10. The third kappa shape index (κ3) is 11.3. The zero-order chi connectivity index (χ0) is 34.0. The van der Waals surface area contributed by atoms with Crippen LogP contribution in [0.1, 0.15) is 59.1 Å². The molecule has 1 aliphatic carbocycles. The first-order valence-electron chi connectivity index (χ1n) is 14.2. The highest BCUT2D eigenvalue weighted by molar-refractivity contribution is 5.74. The van der Waals surface area contributed by atoms with E-state index in [1.807, 2.05) is 11.0 Å². The number of carbonyl (C=O) groups excluding carboxylic acids is 6. The molecule has 1 atom stereocenters. The van der Waals surface area contributed by atoms with Crippen LogP contribution in [0, 0.1) is 0 Å². The summed E-state index contributed by atoms with van der Waals surface area (Å²) in [6.07, 6.45) is 2.99. The van der Waals surface area contributed by atoms with Gasteiger partial charge in [0.25, 0.3) is 0 Å². The van der Waals surface area contributed by atoms with Gasteiger partial charge < -0.3 is 28.4 Å². The summed E-state index contributed by atoms with van der Waals surface area (Å²) >= 11 is 0. The molecule has 3 rings (SSSR count). The highest BCUT2D eigenvalue weighted by Crippen LogP contribution is 2.32. The quantitative estimate of drug-likeness (QED) is 0.242. The smallest absolute Gasteiger partial charge is 0.308 e. The zero-order valence-electron chi connectivity index (χ0n) is 26.4. The minimum atomic E-state index is -0.765. The standard InChI is InChI=1S/C33H35NO12/c1-19(35)41-28-10-7-25(13-31(28)44-22(4)38)16-34(17-26-8-11-29(42-20(2)36)32(14-26)45-23(5)39)18-27-9-12-30(43-21(3)37)33(15-27)46-24(6)40/h7-11,13-15,30H,12,16-18H2,1-6H3. The van der Waals surface area contributed by atoms with E-state index in [4.69, 9.17) is 28.4 Å². The van der Waals surface area contributed by atoms with E-state index in [2.05, 4.69) is 0 Å². The number of carbonyl (C=O) groups is 6. The van der Waals surface area contributed by atoms with Crippen LogP contribution in [0.25, 0.3) is 0 Å². The highest BCUT2D eigenvalue weighted by atomic mass is 16.6. The fourth-order valence-corrected chi connectivity index (χ4v) is 4.58. The molecule has 2 aromatic carbocycles. The van der Waals surface area contributed by atoms with Crippen LogP contribution in [-0.4, -0.2) is 53.4 Å². The van der Waals surface area contributed by atoms with E-state index < -0.39 is 41.9 Å². The second-order valence-corrected chi connectivity index (χ2v) is 10.3. The van der Waals surface area contributed by atoms with Crippen molar-refractivity contribution < 1.29 is 57.2 Å². The fourth-order valence-electron chi connectivity index (χ4n) is 4.58. The van der Waals surface area contributed by atoms with Gasteiger partial charge in [0, 0.05) is 67.6 Å². The molecule has 0 aliphatic heterocycles. The number of esters is 6. The minimum Gasteiger partial charge on any atom is -0.454 e. The molecule has 13 heteroatoms. The van der Waals surface area contributed by atoms with Gasteiger partial charge in [0.15, 0.2) is 29.1 Å². The summed E-state index contributed by atoms with van der Waals surface area (Å²) < 4.78 is 31.6. The van der Waals surface area contributed by atoms with E-state index in [-0.39, 0.29) is 48.3 Å². The second kappa shape index (κ2) is 16.1. The predicted molar refractivity (Wildman–Crippen MR) is 160 cm³/mol. The maximum atomic E-state index is 11.8. The summed E-state index contributed by atoms with van der Waals surface area (Å²) in [4.78, 5) is 72.1. The Morgan fingerprint density at radius 1 is 0.587 bits per heavy atom. The van der Waals surface area contributed by atoms with Gasteiger partial charge in [-0.3, -0.25) is 33.7 Å². The number of nitrogens with zero attached hydrogens (tertiary/aromatic N) is 1. The molecular weight excluding hydrogens is 602 g/mol. The molecule has 13 nitrogen and oxygen atoms in total. The lowest BCUT2D eigenvalue weighted by atomic mass is 10.0. The molecule has 1 unspecified atom stereocenters. The van der Waals surface area contributed by atoms with Gasteiger partial charge in [-0.05, 0) is 47.0 Å². The number of rotatable bonds is 12. The van der Waals surface area contributed by atoms with Gasteiger partial charge in [-0.1, -0.05) is 18.2 Å². The monoisotopic (exact) mass is 637 g/mol. The van der Waals surface area contributed by atoms with Crippen molar-refractivity contribution in [2.24, 2.45) is 0 Å². The van der Waals surface area contributed by atoms with Gasteiger partial charge in [0.2, 0.25) is 0 Å². The largest absolute Gasteiger partial charge is 0.454 e. The maximum Gasteiger partial charge on any atom is 0.308 e. The summed E-state index contributed by atoms with van der Waals surface area (Å²) in [6.45, 7) is 8.24. The first-order chi connectivity index (χ1) is 21.7. The molecule has 0 heterocycles. The fraction of sp³-hybridized carbons (Fsp3) is 0.333. The van der Waals surface area contributed by atoms with Crippen molar-refractivity contribution in [3.8, 4) is 23.0 Å². The third-order valence-electron chi connectivity index (χ3n) is 6.06. The van der Waals surface area contributed by atoms with E-state index in [1.54, 1.807) is 30.3 Å². The van der Waals surface area contributed by atoms with Gasteiger partial charge in [-0.15, -0.1) is 0 Å². The summed E-state index contributed by atoms with van der Waals surface area (Å²) in [5, 5.41) is 0. The lowest BCUT2D eigenvalue weighted by Crippen LogP contribution is -2.28. The van der Waals surface area contributed by atoms with E-state index in [1.165, 1.54) is 53.7 Å². The average molecular weight is 638 g/mol. The Morgan fingerprint density at radius 2 is 1.02 bits per heavy atom. The minimum absolute atomic E-state index is 0.0566. The van der Waals surface area contributed by atoms with Crippen molar-refractivity contribution in [1.82, 2.24) is 4.90 Å². The number of ether oxygens (including phenoxy) is 6. The summed E-state index contributed by atoms with van der Waals surface area (Å²) in [6, 6.07) is 9.60. The van der Waals surface area contributed by atoms with Gasteiger partial charge >= 0.3 is 35.8 Å². The number of hydrogen-bond acceptors (Lipinski definition) is 13. The van der Waals surface area contributed by atoms with E-state index in [9.17, 15) is 28.8 Å². The molecule has 0 amide bonds. The normalized spacial score (nSPS) is 13.9. The van der Waals surface area contributed by atoms with E-state index in [0.29, 0.717) is 17.7 Å². The molecule has 0 radical (unpaired) electrons. The molecule has 1 aliphatic rings. The lowest BCUT2D eigenvalue weighted by molar-refractivity contribution is -0.150. The van der Waals surface area contributed by atoms with Crippen LogP contribution in [0.5, 0.6) is 23.0 Å². The van der Waals surface area contributed by atoms with Crippen LogP contribution < -0.4 is 18.9 Å². The molecule has 0 fully saturated rings. The van der Waals surface area contributed by atoms with Crippen LogP contribution in [0.2, 0.25) is 0 Å². The molecule has 2 aromatic rings. The first-order valence-corrected chi connectivity index (χ1v) is 14.2. The topological polar surface area (TPSA) is 161 Å². The Labute approximate surface area is 265 Å². The average Bonchev–Trinajstić information content (AvgIpc) is 2.91. The Morgan fingerprint density at radius 3 is 1.43 bits per heavy atom. The van der Waals surface area contributed by atoms with Crippen LogP contribution in [-0.2, 0) is 51.3 Å². The molecule has 46 heavy (non-hydrogen) atoms. The number of benzene rings is 2. The second-order valence-electron chi connectivity index (χ2n) is 10.3. The molecule has 0 spiro atoms. The Hall–Kier alpha value is -5.30. The van der Waals surface area contributed by atoms with Crippen molar-refractivity contribution in [2.45, 2.75) is 67.2 Å². The van der Waals surface area contributed by atoms with Crippen LogP contribution in [0.3, 0.4) is 0 Å². The summed E-state index contributed by atoms with van der Waals surface area (Å²) in [5.74, 6) is -3.03. The van der Waals surface area contributed by atoms with Crippen molar-refractivity contribution in [2.75, 3.05) is 6.54 Å². The van der Waals surface area contributed by atoms with Crippen LogP contribution in [0.4, 0.5) is 0 Å². The van der Waals surface area contributed by atoms with Gasteiger partial charge in [0.1, 0.15) is 5.76 Å². The summed E-state index contributed by atoms with van der Waals surface area (Å²) in [5.41, 5.74) is 2.11. The van der Waals surface area contributed by atoms with Crippen molar-refractivity contribution in [3.05, 3.63) is 71.0 Å². The van der Waals surface area contributed by atoms with Crippen LogP contribution >= 0.6 is 0 Å². The van der Waals surface area contributed by atoms with Gasteiger partial charge in [0.05, 0.1) is 0 Å². The van der Waals surface area contributed by atoms with Gasteiger partial charge in [-0.2, -0.15) is 0 Å². The Balaban J connectivity index is 2.00. The van der Waals surface area contributed by atoms with Crippen LogP contribution in [0.15, 0.2) is 59.9 Å². The number of hydrogen-bond donors (Lipinski definition) is 0. The van der Waals surface area contributed by atoms with Crippen molar-refractivity contribution in [3.63, 3.8) is 0 Å². The maximum absolute atomic E-state index is 11.8. The van der Waals surface area contributed by atoms with E-state index >= 15 is 0 Å². The summed E-state index contributed by atoms with van der Waals surface area (Å²) in [7, 11) is 0. The molecular formula is C33H35NO12. The molecule has 0 N–H and O–H groups in total. The SMILES string of the molecule is CC(=O)OC1=CC(CN(Cc2ccc(OC(C)=O)c(OC(C)=O)c2)Cc2ccc(OC(C)=O)c(OC(C)=O)c2)=CCC1OC(C)=O.